The summed E-state index contributed by atoms with van der Waals surface area (Å²) in [5.41, 5.74) is 0.756. The Morgan fingerprint density at radius 3 is 2.71 bits per heavy atom. The van der Waals surface area contributed by atoms with Crippen molar-refractivity contribution >= 4 is 0 Å². The van der Waals surface area contributed by atoms with E-state index in [9.17, 15) is 0 Å². The average Bonchev–Trinajstić information content (AvgIpc) is 3.03. The predicted molar refractivity (Wildman–Crippen MR) is 58.4 cm³/mol. The van der Waals surface area contributed by atoms with E-state index in [1.165, 1.54) is 32.2 Å². The van der Waals surface area contributed by atoms with Crippen LogP contribution in [0.1, 0.15) is 39.0 Å². The smallest absolute Gasteiger partial charge is 0.0477 e. The standard InChI is InChI=1S/C12H23NO/c1-2-14-9-3-8-13-10-12(6-7-12)11-4-5-11/h11,13H,2-10H2,1H3. The molecule has 0 saturated heterocycles. The molecule has 0 aliphatic heterocycles. The van der Waals surface area contributed by atoms with Crippen LogP contribution in [0.25, 0.3) is 0 Å². The van der Waals surface area contributed by atoms with E-state index in [-0.39, 0.29) is 0 Å². The van der Waals surface area contributed by atoms with Crippen molar-refractivity contribution in [1.82, 2.24) is 5.32 Å². The molecule has 0 aromatic carbocycles. The minimum Gasteiger partial charge on any atom is -0.382 e. The second-order valence-electron chi connectivity index (χ2n) is 4.86. The summed E-state index contributed by atoms with van der Waals surface area (Å²) >= 11 is 0. The van der Waals surface area contributed by atoms with E-state index in [2.05, 4.69) is 12.2 Å². The summed E-state index contributed by atoms with van der Waals surface area (Å²) in [4.78, 5) is 0. The fraction of sp³-hybridized carbons (Fsp3) is 1.00. The predicted octanol–water partition coefficient (Wildman–Crippen LogP) is 2.19. The molecule has 2 aliphatic carbocycles. The fourth-order valence-electron chi connectivity index (χ4n) is 2.37. The Labute approximate surface area is 87.4 Å². The summed E-state index contributed by atoms with van der Waals surface area (Å²) in [6.07, 6.45) is 7.13. The molecule has 0 unspecified atom stereocenters. The maximum absolute atomic E-state index is 5.30. The normalized spacial score (nSPS) is 23.8. The lowest BCUT2D eigenvalue weighted by atomic mass is 10.0. The molecular formula is C12H23NO. The first-order valence-corrected chi connectivity index (χ1v) is 6.16. The highest BCUT2D eigenvalue weighted by molar-refractivity contribution is 5.04. The molecule has 82 valence electrons. The van der Waals surface area contributed by atoms with E-state index in [0.29, 0.717) is 0 Å². The van der Waals surface area contributed by atoms with Gasteiger partial charge in [-0.05, 0) is 56.9 Å². The van der Waals surface area contributed by atoms with Crippen molar-refractivity contribution in [3.05, 3.63) is 0 Å². The highest BCUT2D eigenvalue weighted by Crippen LogP contribution is 2.60. The largest absolute Gasteiger partial charge is 0.382 e. The molecule has 0 heterocycles. The molecule has 0 radical (unpaired) electrons. The van der Waals surface area contributed by atoms with Gasteiger partial charge in [0.05, 0.1) is 0 Å². The van der Waals surface area contributed by atoms with Crippen LogP contribution in [-0.4, -0.2) is 26.3 Å². The first-order valence-electron chi connectivity index (χ1n) is 6.16. The second kappa shape index (κ2) is 4.63. The van der Waals surface area contributed by atoms with Crippen molar-refractivity contribution < 1.29 is 4.74 Å². The zero-order valence-corrected chi connectivity index (χ0v) is 9.35. The molecule has 0 aromatic heterocycles. The van der Waals surface area contributed by atoms with Gasteiger partial charge in [0.25, 0.3) is 0 Å². The molecule has 2 rings (SSSR count). The number of nitrogens with one attached hydrogen (secondary N) is 1. The molecule has 2 fully saturated rings. The van der Waals surface area contributed by atoms with Crippen molar-refractivity contribution in [2.24, 2.45) is 11.3 Å². The Kier molecular flexibility index (Phi) is 3.45. The van der Waals surface area contributed by atoms with Gasteiger partial charge in [0.2, 0.25) is 0 Å². The highest BCUT2D eigenvalue weighted by Gasteiger charge is 2.52. The Balaban J connectivity index is 1.47. The molecule has 1 N–H and O–H groups in total. The van der Waals surface area contributed by atoms with Gasteiger partial charge in [-0.25, -0.2) is 0 Å². The first kappa shape index (κ1) is 10.4. The van der Waals surface area contributed by atoms with Gasteiger partial charge in [0, 0.05) is 19.8 Å². The van der Waals surface area contributed by atoms with Crippen LogP contribution in [0.3, 0.4) is 0 Å². The maximum atomic E-state index is 5.30. The van der Waals surface area contributed by atoms with Crippen molar-refractivity contribution in [2.75, 3.05) is 26.3 Å². The van der Waals surface area contributed by atoms with Gasteiger partial charge in [0.1, 0.15) is 0 Å². The minimum absolute atomic E-state index is 0.756. The SMILES string of the molecule is CCOCCCNCC1(C2CC2)CC1. The molecule has 0 atom stereocenters. The third-order valence-electron chi connectivity index (χ3n) is 3.66. The summed E-state index contributed by atoms with van der Waals surface area (Å²) in [6.45, 7) is 6.23. The van der Waals surface area contributed by atoms with Crippen molar-refractivity contribution in [2.45, 2.75) is 39.0 Å². The third-order valence-corrected chi connectivity index (χ3v) is 3.66. The minimum atomic E-state index is 0.756. The van der Waals surface area contributed by atoms with Crippen LogP contribution >= 0.6 is 0 Å². The molecule has 14 heavy (non-hydrogen) atoms. The number of hydrogen-bond acceptors (Lipinski definition) is 2. The van der Waals surface area contributed by atoms with Gasteiger partial charge >= 0.3 is 0 Å². The van der Waals surface area contributed by atoms with Crippen LogP contribution < -0.4 is 5.32 Å². The fourth-order valence-corrected chi connectivity index (χ4v) is 2.37. The van der Waals surface area contributed by atoms with E-state index in [0.717, 1.165) is 37.5 Å². The molecule has 0 spiro atoms. The number of hydrogen-bond donors (Lipinski definition) is 1. The topological polar surface area (TPSA) is 21.3 Å². The molecule has 0 amide bonds. The highest BCUT2D eigenvalue weighted by atomic mass is 16.5. The molecular weight excluding hydrogens is 174 g/mol. The lowest BCUT2D eigenvalue weighted by Crippen LogP contribution is -2.26. The Bertz CT molecular complexity index is 173. The third kappa shape index (κ3) is 2.71. The molecule has 0 bridgehead atoms. The quantitative estimate of drug-likeness (QED) is 0.602. The summed E-state index contributed by atoms with van der Waals surface area (Å²) in [5.74, 6) is 1.09. The molecule has 2 heteroatoms. The van der Waals surface area contributed by atoms with Crippen LogP contribution in [-0.2, 0) is 4.74 Å². The maximum Gasteiger partial charge on any atom is 0.0477 e. The van der Waals surface area contributed by atoms with Crippen molar-refractivity contribution in [3.8, 4) is 0 Å². The van der Waals surface area contributed by atoms with Crippen LogP contribution in [0, 0.1) is 11.3 Å². The first-order chi connectivity index (χ1) is 6.87. The lowest BCUT2D eigenvalue weighted by Gasteiger charge is -2.14. The van der Waals surface area contributed by atoms with Crippen LogP contribution in [0.5, 0.6) is 0 Å². The Morgan fingerprint density at radius 2 is 2.14 bits per heavy atom. The summed E-state index contributed by atoms with van der Waals surface area (Å²) in [7, 11) is 0. The summed E-state index contributed by atoms with van der Waals surface area (Å²) in [5, 5.41) is 3.59. The Morgan fingerprint density at radius 1 is 1.36 bits per heavy atom. The number of rotatable bonds is 8. The zero-order valence-electron chi connectivity index (χ0n) is 9.35. The molecule has 2 aliphatic rings. The van der Waals surface area contributed by atoms with Gasteiger partial charge in [-0.1, -0.05) is 0 Å². The van der Waals surface area contributed by atoms with E-state index in [1.807, 2.05) is 0 Å². The second-order valence-corrected chi connectivity index (χ2v) is 4.86. The van der Waals surface area contributed by atoms with E-state index in [4.69, 9.17) is 4.74 Å². The lowest BCUT2D eigenvalue weighted by molar-refractivity contribution is 0.144. The van der Waals surface area contributed by atoms with Gasteiger partial charge in [-0.3, -0.25) is 0 Å². The van der Waals surface area contributed by atoms with Gasteiger partial charge < -0.3 is 10.1 Å². The number of ether oxygens (including phenoxy) is 1. The Hall–Kier alpha value is -0.0800. The van der Waals surface area contributed by atoms with Gasteiger partial charge in [-0.2, -0.15) is 0 Å². The van der Waals surface area contributed by atoms with E-state index in [1.54, 1.807) is 0 Å². The summed E-state index contributed by atoms with van der Waals surface area (Å²) < 4.78 is 5.30. The van der Waals surface area contributed by atoms with Crippen LogP contribution in [0.4, 0.5) is 0 Å². The molecule has 2 saturated carbocycles. The monoisotopic (exact) mass is 197 g/mol. The van der Waals surface area contributed by atoms with Crippen molar-refractivity contribution in [3.63, 3.8) is 0 Å². The molecule has 2 nitrogen and oxygen atoms in total. The van der Waals surface area contributed by atoms with Crippen molar-refractivity contribution in [1.29, 1.82) is 0 Å². The van der Waals surface area contributed by atoms with E-state index >= 15 is 0 Å². The zero-order chi connectivity index (χ0) is 9.86. The summed E-state index contributed by atoms with van der Waals surface area (Å²) in [6, 6.07) is 0. The van der Waals surface area contributed by atoms with Crippen LogP contribution in [0.2, 0.25) is 0 Å². The van der Waals surface area contributed by atoms with E-state index < -0.39 is 0 Å². The van der Waals surface area contributed by atoms with Gasteiger partial charge in [-0.15, -0.1) is 0 Å². The molecule has 0 aromatic rings. The van der Waals surface area contributed by atoms with Crippen LogP contribution in [0.15, 0.2) is 0 Å². The van der Waals surface area contributed by atoms with Gasteiger partial charge in [0.15, 0.2) is 0 Å². The average molecular weight is 197 g/mol.